The van der Waals surface area contributed by atoms with E-state index in [2.05, 4.69) is 10.6 Å². The van der Waals surface area contributed by atoms with E-state index in [9.17, 15) is 48.3 Å². The van der Waals surface area contributed by atoms with Gasteiger partial charge in [0.1, 0.15) is 69.3 Å². The van der Waals surface area contributed by atoms with Crippen LogP contribution >= 0.6 is 11.6 Å². The largest absolute Gasteiger partial charge is 0.495 e. The minimum atomic E-state index is -1.71. The Morgan fingerprint density at radius 3 is 2.30 bits per heavy atom. The number of nitrogens with two attached hydrogens (primary N) is 1. The second-order valence-electron chi connectivity index (χ2n) is 25.7. The van der Waals surface area contributed by atoms with Crippen molar-refractivity contribution in [2.75, 3.05) is 39.8 Å². The Hall–Kier alpha value is -6.82. The van der Waals surface area contributed by atoms with E-state index < -0.39 is 142 Å². The number of carbonyl (C=O) groups excluding carboxylic acids is 9. The van der Waals surface area contributed by atoms with Gasteiger partial charge in [0, 0.05) is 65.3 Å². The Bertz CT molecular complexity index is 3060. The maximum atomic E-state index is 16.3. The van der Waals surface area contributed by atoms with Crippen molar-refractivity contribution < 1.29 is 85.5 Å². The first-order valence-electron chi connectivity index (χ1n) is 31.3. The van der Waals surface area contributed by atoms with Crippen molar-refractivity contribution in [3.63, 3.8) is 0 Å². The molecule has 5 amide bonds. The number of epoxide rings is 1. The highest BCUT2D eigenvalue weighted by Gasteiger charge is 2.64. The summed E-state index contributed by atoms with van der Waals surface area (Å²) in [6, 6.07) is 1.05. The number of urea groups is 1. The first kappa shape index (κ1) is 74.9. The Labute approximate surface area is 538 Å². The molecule has 2 fully saturated rings. The fourth-order valence-electron chi connectivity index (χ4n) is 11.8. The van der Waals surface area contributed by atoms with Gasteiger partial charge in [0.2, 0.25) is 11.8 Å². The Morgan fingerprint density at radius 2 is 1.67 bits per heavy atom. The number of halogens is 3. The Morgan fingerprint density at radius 1 is 0.989 bits per heavy atom. The van der Waals surface area contributed by atoms with Crippen LogP contribution in [0, 0.1) is 35.3 Å². The van der Waals surface area contributed by atoms with Gasteiger partial charge in [-0.2, -0.15) is 0 Å². The van der Waals surface area contributed by atoms with Crippen molar-refractivity contribution in [1.82, 2.24) is 15.5 Å². The number of carbonyl (C=O) groups is 9. The molecule has 5 N–H and O–H groups in total. The topological polar surface area (TPSA) is 289 Å². The standard InChI is InChI=1S/C67H94ClF2N5O16/c1-15-42(16-2)63(83)91-65(8,9)25-18-17-22-44(76)32-45(37(3)4)60(80)73-49(23-20-26-72-64(71)84)51(77)31-43-30-48(70)46(33-47(43)69)61(81)74(11)40(7)62(82)89-55-34-56(78)75(12)50-28-41(29-52(86-13)58(50)68)27-38(5)21-19-24-54(87-14)67(85)35-53(88-57(79)36-67)39(6)59-66(55,10)90-59/h19,21,24,28-30,33,37,39-40,42,45,49,53-55,59,85H,15-18,20,22-23,25-27,31-32,34-36H2,1-14H3,(H,73,80)(H3,71,72,84)/b24-19+,38-21+/t39-,40+,45+,49+,53+,54-,55+,59+,66+,67-/m1/s1. The van der Waals surface area contributed by atoms with Crippen LogP contribution in [0.4, 0.5) is 19.3 Å². The number of Topliss-reactive ketones (excluding diaryl/α,β-unsaturated/α-hetero) is 2. The molecular weight excluding hydrogens is 1200 g/mol. The number of nitrogens with one attached hydrogen (secondary N) is 2. The van der Waals surface area contributed by atoms with Gasteiger partial charge in [0.05, 0.1) is 49.3 Å². The number of rotatable bonds is 27. The Balaban J connectivity index is 1.34. The molecule has 91 heavy (non-hydrogen) atoms. The highest BCUT2D eigenvalue weighted by Crippen LogP contribution is 2.50. The molecule has 0 spiro atoms. The number of amides is 5. The molecule has 0 radical (unpaired) electrons. The highest BCUT2D eigenvalue weighted by atomic mass is 35.5. The third-order valence-electron chi connectivity index (χ3n) is 17.9. The number of methoxy groups -OCH3 is 2. The number of ether oxygens (including phenoxy) is 6. The number of hydrogen-bond donors (Lipinski definition) is 4. The third kappa shape index (κ3) is 19.8. The van der Waals surface area contributed by atoms with E-state index in [0.29, 0.717) is 56.2 Å². The minimum Gasteiger partial charge on any atom is -0.495 e. The molecule has 0 unspecified atom stereocenters. The van der Waals surface area contributed by atoms with Gasteiger partial charge in [-0.15, -0.1) is 0 Å². The molecule has 5 rings (SSSR count). The van der Waals surface area contributed by atoms with Crippen LogP contribution in [-0.4, -0.2) is 151 Å². The number of unbranched alkanes of at least 4 members (excludes halogenated alkanes) is 1. The fourth-order valence-corrected chi connectivity index (χ4v) is 12.1. The number of likely N-dealkylation sites (N-methyl/N-ethyl adjacent to an activating group) is 1. The number of hydrogen-bond acceptors (Lipinski definition) is 16. The lowest BCUT2D eigenvalue weighted by atomic mass is 9.78. The number of aliphatic hydroxyl groups is 1. The molecule has 24 heteroatoms. The van der Waals surface area contributed by atoms with Gasteiger partial charge in [-0.05, 0) is 127 Å². The zero-order valence-corrected chi connectivity index (χ0v) is 55.9. The van der Waals surface area contributed by atoms with Crippen molar-refractivity contribution in [2.45, 2.75) is 212 Å². The van der Waals surface area contributed by atoms with Gasteiger partial charge in [0.15, 0.2) is 5.78 Å². The minimum absolute atomic E-state index is 0.00871. The van der Waals surface area contributed by atoms with Crippen LogP contribution in [0.1, 0.15) is 168 Å². The summed E-state index contributed by atoms with van der Waals surface area (Å²) in [5, 5.41) is 17.3. The average molecular weight is 1300 g/mol. The van der Waals surface area contributed by atoms with E-state index in [4.69, 9.17) is 45.8 Å². The molecule has 2 aromatic carbocycles. The molecule has 0 aromatic heterocycles. The molecule has 3 heterocycles. The summed E-state index contributed by atoms with van der Waals surface area (Å²) in [7, 11) is 5.48. The van der Waals surface area contributed by atoms with Crippen LogP contribution in [0.15, 0.2) is 48.1 Å². The summed E-state index contributed by atoms with van der Waals surface area (Å²) < 4.78 is 67.8. The first-order chi connectivity index (χ1) is 42.6. The van der Waals surface area contributed by atoms with Gasteiger partial charge in [-0.25, -0.2) is 18.4 Å². The van der Waals surface area contributed by atoms with Crippen LogP contribution in [0.25, 0.3) is 0 Å². The number of anilines is 1. The maximum Gasteiger partial charge on any atom is 0.328 e. The van der Waals surface area contributed by atoms with E-state index in [1.165, 1.54) is 33.1 Å². The quantitative estimate of drug-likeness (QED) is 0.0281. The molecule has 0 aliphatic carbocycles. The van der Waals surface area contributed by atoms with Crippen molar-refractivity contribution in [1.29, 1.82) is 0 Å². The molecule has 0 saturated carbocycles. The molecule has 3 aliphatic rings. The van der Waals surface area contributed by atoms with E-state index in [1.807, 2.05) is 40.7 Å². The summed E-state index contributed by atoms with van der Waals surface area (Å²) in [6.07, 6.45) is 2.68. The lowest BCUT2D eigenvalue weighted by molar-refractivity contribution is -0.187. The first-order valence-corrected chi connectivity index (χ1v) is 31.7. The lowest BCUT2D eigenvalue weighted by Gasteiger charge is -2.41. The summed E-state index contributed by atoms with van der Waals surface area (Å²) in [5.74, 6) is -9.60. The van der Waals surface area contributed by atoms with Crippen molar-refractivity contribution >= 4 is 70.5 Å². The molecular formula is C67H94ClF2N5O16. The molecule has 10 atom stereocenters. The molecule has 3 aliphatic heterocycles. The van der Waals surface area contributed by atoms with Crippen LogP contribution in [0.2, 0.25) is 5.02 Å². The number of allylic oxidation sites excluding steroid dienone is 3. The number of benzene rings is 2. The average Bonchev–Trinajstić information content (AvgIpc) is 1.58. The predicted molar refractivity (Wildman–Crippen MR) is 336 cm³/mol. The van der Waals surface area contributed by atoms with Gasteiger partial charge < -0.3 is 59.7 Å². The second-order valence-corrected chi connectivity index (χ2v) is 26.1. The van der Waals surface area contributed by atoms with E-state index in [-0.39, 0.29) is 85.1 Å². The second kappa shape index (κ2) is 32.6. The number of ketones is 2. The monoisotopic (exact) mass is 1300 g/mol. The van der Waals surface area contributed by atoms with Gasteiger partial charge in [0.25, 0.3) is 5.91 Å². The van der Waals surface area contributed by atoms with Crippen LogP contribution < -0.4 is 26.0 Å². The molecule has 2 aromatic rings. The SMILES string of the molecule is CCC(CC)C(=O)OC(C)(C)CCCCC(=O)C[C@H](C(=O)N[C@@H](CCCNC(N)=O)C(=O)Cc1cc(F)c(C(=O)N(C)[C@@H](C)C(=O)O[C@H]2CC(=O)N(C)c3cc(cc(OC)c3Cl)C/C(C)=C/C=C/[C@@H](OC)[C@]3(O)CC(=O)O[C@@H](C3)[C@@H](C)[C@@H]3O[C@@]23C)cc1F)C(C)C. The highest BCUT2D eigenvalue weighted by molar-refractivity contribution is 6.35. The van der Waals surface area contributed by atoms with Crippen LogP contribution in [0.3, 0.4) is 0 Å². The zero-order chi connectivity index (χ0) is 68.0. The number of fused-ring (bicyclic) bond motifs is 5. The van der Waals surface area contributed by atoms with Crippen molar-refractivity contribution in [2.24, 2.45) is 29.4 Å². The summed E-state index contributed by atoms with van der Waals surface area (Å²) in [4.78, 5) is 124. The summed E-state index contributed by atoms with van der Waals surface area (Å²) in [5.41, 5.74) is 1.91. The number of esters is 3. The van der Waals surface area contributed by atoms with Gasteiger partial charge in [-0.3, -0.25) is 33.6 Å². The van der Waals surface area contributed by atoms with Gasteiger partial charge >= 0.3 is 23.9 Å². The van der Waals surface area contributed by atoms with Crippen LogP contribution in [-0.2, 0) is 70.1 Å². The smallest absolute Gasteiger partial charge is 0.328 e. The Kier molecular flexibility index (Phi) is 26.9. The number of primary amides is 1. The van der Waals surface area contributed by atoms with Crippen molar-refractivity contribution in [3.8, 4) is 5.75 Å². The molecule has 2 saturated heterocycles. The summed E-state index contributed by atoms with van der Waals surface area (Å²) >= 11 is 6.84. The zero-order valence-electron chi connectivity index (χ0n) is 55.1. The van der Waals surface area contributed by atoms with E-state index >= 15 is 8.78 Å². The third-order valence-corrected chi connectivity index (χ3v) is 18.3. The van der Waals surface area contributed by atoms with Gasteiger partial charge in [-0.1, -0.05) is 70.0 Å². The van der Waals surface area contributed by atoms with E-state index in [0.717, 1.165) is 17.5 Å². The lowest BCUT2D eigenvalue weighted by Crippen LogP contribution is -2.53. The fraction of sp³-hybridized carbons (Fsp3) is 0.627. The summed E-state index contributed by atoms with van der Waals surface area (Å²) in [6.45, 7) is 17.5. The van der Waals surface area contributed by atoms with Crippen LogP contribution in [0.5, 0.6) is 5.75 Å². The van der Waals surface area contributed by atoms with E-state index in [1.54, 1.807) is 52.0 Å². The molecule has 504 valence electrons. The normalized spacial score (nSPS) is 23.9. The molecule has 4 bridgehead atoms. The number of nitrogens with zero attached hydrogens (tertiary/aromatic N) is 2. The predicted octanol–water partition coefficient (Wildman–Crippen LogP) is 8.95. The van der Waals surface area contributed by atoms with Crippen molar-refractivity contribution in [3.05, 3.63) is 81.4 Å². The maximum absolute atomic E-state index is 16.3. The molecule has 21 nitrogen and oxygen atoms in total.